The van der Waals surface area contributed by atoms with Gasteiger partial charge in [0.05, 0.1) is 11.4 Å². The lowest BCUT2D eigenvalue weighted by Crippen LogP contribution is -2.46. The maximum Gasteiger partial charge on any atom is 0.129 e. The van der Waals surface area contributed by atoms with Crippen molar-refractivity contribution in [3.05, 3.63) is 47.7 Å². The van der Waals surface area contributed by atoms with E-state index in [2.05, 4.69) is 46.0 Å². The predicted molar refractivity (Wildman–Crippen MR) is 89.0 cm³/mol. The first-order valence-corrected chi connectivity index (χ1v) is 7.43. The molecule has 1 saturated heterocycles. The van der Waals surface area contributed by atoms with Crippen LogP contribution in [0.1, 0.15) is 11.3 Å². The van der Waals surface area contributed by atoms with E-state index in [0.29, 0.717) is 0 Å². The molecule has 3 rings (SSSR count). The van der Waals surface area contributed by atoms with Gasteiger partial charge >= 0.3 is 0 Å². The summed E-state index contributed by atoms with van der Waals surface area (Å²) in [4.78, 5) is 9.36. The summed E-state index contributed by atoms with van der Waals surface area (Å²) >= 11 is 0. The van der Waals surface area contributed by atoms with Gasteiger partial charge in [-0.2, -0.15) is 0 Å². The van der Waals surface area contributed by atoms with Crippen molar-refractivity contribution < 1.29 is 0 Å². The van der Waals surface area contributed by atoms with E-state index in [9.17, 15) is 0 Å². The molecule has 2 aromatic rings. The van der Waals surface area contributed by atoms with Gasteiger partial charge in [0.15, 0.2) is 0 Å². The highest BCUT2D eigenvalue weighted by Gasteiger charge is 2.18. The Morgan fingerprint density at radius 3 is 2.33 bits per heavy atom. The van der Waals surface area contributed by atoms with Crippen LogP contribution in [0, 0.1) is 13.8 Å². The van der Waals surface area contributed by atoms with Crippen LogP contribution < -0.4 is 15.5 Å². The second-order valence-corrected chi connectivity index (χ2v) is 5.66. The standard InChI is InChI=1S/C17H22N4/c1-13-4-3-5-15(12-13)20-8-10-21(11-9-20)17-7-6-16(18)14(2)19-17/h3-7,12H,8-11,18H2,1-2H3. The van der Waals surface area contributed by atoms with Gasteiger partial charge in [0.25, 0.3) is 0 Å². The SMILES string of the molecule is Cc1cccc(N2CCN(c3ccc(N)c(C)n3)CC2)c1. The fourth-order valence-electron chi connectivity index (χ4n) is 2.75. The van der Waals surface area contributed by atoms with E-state index in [1.165, 1.54) is 11.3 Å². The number of nitrogens with two attached hydrogens (primary N) is 1. The van der Waals surface area contributed by atoms with Crippen molar-refractivity contribution in [1.82, 2.24) is 4.98 Å². The topological polar surface area (TPSA) is 45.4 Å². The number of hydrogen-bond donors (Lipinski definition) is 1. The van der Waals surface area contributed by atoms with Crippen LogP contribution in [0.4, 0.5) is 17.2 Å². The van der Waals surface area contributed by atoms with Gasteiger partial charge in [-0.3, -0.25) is 0 Å². The van der Waals surface area contributed by atoms with Crippen LogP contribution in [-0.4, -0.2) is 31.2 Å². The van der Waals surface area contributed by atoms with Gasteiger partial charge in [0.2, 0.25) is 0 Å². The van der Waals surface area contributed by atoms with E-state index < -0.39 is 0 Å². The number of nitrogen functional groups attached to an aromatic ring is 1. The van der Waals surface area contributed by atoms with E-state index in [4.69, 9.17) is 5.73 Å². The van der Waals surface area contributed by atoms with Gasteiger partial charge in [-0.05, 0) is 43.7 Å². The molecule has 4 heteroatoms. The zero-order valence-corrected chi connectivity index (χ0v) is 12.7. The molecule has 1 aromatic carbocycles. The zero-order chi connectivity index (χ0) is 14.8. The third-order valence-corrected chi connectivity index (χ3v) is 4.08. The van der Waals surface area contributed by atoms with Gasteiger partial charge in [0.1, 0.15) is 5.82 Å². The maximum atomic E-state index is 5.84. The summed E-state index contributed by atoms with van der Waals surface area (Å²) in [6.07, 6.45) is 0. The number of piperazine rings is 1. The average Bonchev–Trinajstić information content (AvgIpc) is 2.50. The number of rotatable bonds is 2. The van der Waals surface area contributed by atoms with Crippen LogP contribution in [0.25, 0.3) is 0 Å². The molecule has 0 radical (unpaired) electrons. The Hall–Kier alpha value is -2.23. The number of nitrogens with zero attached hydrogens (tertiary/aromatic N) is 3. The molecule has 110 valence electrons. The van der Waals surface area contributed by atoms with Crippen molar-refractivity contribution in [2.24, 2.45) is 0 Å². The van der Waals surface area contributed by atoms with E-state index in [1.807, 2.05) is 19.1 Å². The minimum Gasteiger partial charge on any atom is -0.397 e. The summed E-state index contributed by atoms with van der Waals surface area (Å²) in [6, 6.07) is 12.7. The van der Waals surface area contributed by atoms with Crippen LogP contribution in [-0.2, 0) is 0 Å². The Balaban J connectivity index is 1.68. The molecule has 0 unspecified atom stereocenters. The number of aromatic nitrogens is 1. The molecule has 1 fully saturated rings. The lowest BCUT2D eigenvalue weighted by atomic mass is 10.2. The molecule has 1 aliphatic rings. The Labute approximate surface area is 126 Å². The smallest absolute Gasteiger partial charge is 0.129 e. The van der Waals surface area contributed by atoms with Crippen LogP contribution in [0.2, 0.25) is 0 Å². The van der Waals surface area contributed by atoms with E-state index >= 15 is 0 Å². The van der Waals surface area contributed by atoms with Gasteiger partial charge < -0.3 is 15.5 Å². The first-order valence-electron chi connectivity index (χ1n) is 7.43. The summed E-state index contributed by atoms with van der Waals surface area (Å²) in [5.74, 6) is 1.03. The molecular formula is C17H22N4. The third-order valence-electron chi connectivity index (χ3n) is 4.08. The van der Waals surface area contributed by atoms with E-state index in [0.717, 1.165) is 43.4 Å². The highest BCUT2D eigenvalue weighted by molar-refractivity contribution is 5.53. The summed E-state index contributed by atoms with van der Waals surface area (Å²) in [6.45, 7) is 8.13. The number of benzene rings is 1. The molecule has 1 aliphatic heterocycles. The van der Waals surface area contributed by atoms with Crippen molar-refractivity contribution in [2.75, 3.05) is 41.7 Å². The molecule has 0 saturated carbocycles. The summed E-state index contributed by atoms with van der Waals surface area (Å²) in [5, 5.41) is 0. The van der Waals surface area contributed by atoms with Gasteiger partial charge in [0, 0.05) is 31.9 Å². The van der Waals surface area contributed by atoms with E-state index in [-0.39, 0.29) is 0 Å². The highest BCUT2D eigenvalue weighted by Crippen LogP contribution is 2.21. The fraction of sp³-hybridized carbons (Fsp3) is 0.353. The summed E-state index contributed by atoms with van der Waals surface area (Å²) in [7, 11) is 0. The quantitative estimate of drug-likeness (QED) is 0.919. The molecule has 0 amide bonds. The number of hydrogen-bond acceptors (Lipinski definition) is 4. The Kier molecular flexibility index (Phi) is 3.69. The average molecular weight is 282 g/mol. The first-order chi connectivity index (χ1) is 10.1. The minimum absolute atomic E-state index is 0.761. The van der Waals surface area contributed by atoms with Gasteiger partial charge in [-0.1, -0.05) is 12.1 Å². The highest BCUT2D eigenvalue weighted by atomic mass is 15.3. The normalized spacial score (nSPS) is 15.3. The number of anilines is 3. The lowest BCUT2D eigenvalue weighted by Gasteiger charge is -2.37. The Morgan fingerprint density at radius 1 is 0.952 bits per heavy atom. The fourth-order valence-corrected chi connectivity index (χ4v) is 2.75. The second kappa shape index (κ2) is 5.64. The molecule has 21 heavy (non-hydrogen) atoms. The number of aryl methyl sites for hydroxylation is 2. The first kappa shape index (κ1) is 13.7. The number of pyridine rings is 1. The van der Waals surface area contributed by atoms with E-state index in [1.54, 1.807) is 0 Å². The zero-order valence-electron chi connectivity index (χ0n) is 12.7. The molecule has 2 heterocycles. The second-order valence-electron chi connectivity index (χ2n) is 5.66. The van der Waals surface area contributed by atoms with Gasteiger partial charge in [-0.25, -0.2) is 4.98 Å². The maximum absolute atomic E-state index is 5.84. The predicted octanol–water partition coefficient (Wildman–Crippen LogP) is 2.61. The molecule has 4 nitrogen and oxygen atoms in total. The van der Waals surface area contributed by atoms with Crippen LogP contribution in [0.3, 0.4) is 0 Å². The molecular weight excluding hydrogens is 260 g/mol. The van der Waals surface area contributed by atoms with Crippen molar-refractivity contribution >= 4 is 17.2 Å². The van der Waals surface area contributed by atoms with Gasteiger partial charge in [-0.15, -0.1) is 0 Å². The van der Waals surface area contributed by atoms with Crippen molar-refractivity contribution in [3.63, 3.8) is 0 Å². The monoisotopic (exact) mass is 282 g/mol. The van der Waals surface area contributed by atoms with Crippen molar-refractivity contribution in [1.29, 1.82) is 0 Å². The molecule has 0 bridgehead atoms. The van der Waals surface area contributed by atoms with Crippen LogP contribution >= 0.6 is 0 Å². The Bertz CT molecular complexity index is 630. The summed E-state index contributed by atoms with van der Waals surface area (Å²) < 4.78 is 0. The summed E-state index contributed by atoms with van der Waals surface area (Å²) in [5.41, 5.74) is 10.1. The lowest BCUT2D eigenvalue weighted by molar-refractivity contribution is 0.647. The molecule has 1 aromatic heterocycles. The molecule has 0 aliphatic carbocycles. The van der Waals surface area contributed by atoms with Crippen molar-refractivity contribution in [3.8, 4) is 0 Å². The largest absolute Gasteiger partial charge is 0.397 e. The Morgan fingerprint density at radius 2 is 1.67 bits per heavy atom. The molecule has 2 N–H and O–H groups in total. The van der Waals surface area contributed by atoms with Crippen LogP contribution in [0.5, 0.6) is 0 Å². The molecule has 0 atom stereocenters. The van der Waals surface area contributed by atoms with Crippen molar-refractivity contribution in [2.45, 2.75) is 13.8 Å². The minimum atomic E-state index is 0.761. The third kappa shape index (κ3) is 2.94. The molecule has 0 spiro atoms. The van der Waals surface area contributed by atoms with Crippen LogP contribution in [0.15, 0.2) is 36.4 Å².